The summed E-state index contributed by atoms with van der Waals surface area (Å²) in [5.74, 6) is 1.61. The number of amides is 1. The molecule has 0 spiro atoms. The lowest BCUT2D eigenvalue weighted by atomic mass is 9.94. The molecule has 4 rings (SSSR count). The Labute approximate surface area is 141 Å². The molecule has 0 aromatic heterocycles. The SMILES string of the molecule is Cc1ccc(CNC(=O)C2(c3ccc4c(c3)OCCO4)CC2)cc1. The zero-order valence-corrected chi connectivity index (χ0v) is 13.8. The number of fused-ring (bicyclic) bond motifs is 1. The van der Waals surface area contributed by atoms with Crippen molar-refractivity contribution in [3.63, 3.8) is 0 Å². The predicted molar refractivity (Wildman–Crippen MR) is 91.4 cm³/mol. The number of benzene rings is 2. The molecule has 1 aliphatic heterocycles. The van der Waals surface area contributed by atoms with Crippen LogP contribution in [-0.4, -0.2) is 19.1 Å². The van der Waals surface area contributed by atoms with Gasteiger partial charge in [-0.25, -0.2) is 0 Å². The molecule has 4 nitrogen and oxygen atoms in total. The Hall–Kier alpha value is -2.49. The van der Waals surface area contributed by atoms with E-state index in [2.05, 4.69) is 36.5 Å². The van der Waals surface area contributed by atoms with Crippen molar-refractivity contribution in [3.8, 4) is 11.5 Å². The van der Waals surface area contributed by atoms with Crippen LogP contribution in [0.4, 0.5) is 0 Å². The quantitative estimate of drug-likeness (QED) is 0.940. The van der Waals surface area contributed by atoms with Crippen molar-refractivity contribution >= 4 is 5.91 Å². The molecule has 2 aromatic carbocycles. The van der Waals surface area contributed by atoms with Gasteiger partial charge in [-0.3, -0.25) is 4.79 Å². The average Bonchev–Trinajstić information content (AvgIpc) is 3.42. The van der Waals surface area contributed by atoms with E-state index in [9.17, 15) is 4.79 Å². The molecule has 2 aromatic rings. The number of hydrogen-bond acceptors (Lipinski definition) is 3. The van der Waals surface area contributed by atoms with Gasteiger partial charge in [0.05, 0.1) is 5.41 Å². The highest BCUT2D eigenvalue weighted by Gasteiger charge is 2.51. The highest BCUT2D eigenvalue weighted by Crippen LogP contribution is 2.50. The monoisotopic (exact) mass is 323 g/mol. The van der Waals surface area contributed by atoms with Crippen molar-refractivity contribution in [2.45, 2.75) is 31.7 Å². The minimum Gasteiger partial charge on any atom is -0.486 e. The second-order valence-electron chi connectivity index (χ2n) is 6.61. The molecule has 0 saturated heterocycles. The molecular formula is C20H21NO3. The van der Waals surface area contributed by atoms with Crippen LogP contribution in [0.1, 0.15) is 29.5 Å². The molecule has 4 heteroatoms. The third kappa shape index (κ3) is 2.73. The summed E-state index contributed by atoms with van der Waals surface area (Å²) in [6, 6.07) is 14.1. The molecule has 124 valence electrons. The summed E-state index contributed by atoms with van der Waals surface area (Å²) < 4.78 is 11.2. The van der Waals surface area contributed by atoms with Crippen molar-refractivity contribution in [2.75, 3.05) is 13.2 Å². The number of hydrogen-bond donors (Lipinski definition) is 1. The van der Waals surface area contributed by atoms with E-state index in [1.54, 1.807) is 0 Å². The average molecular weight is 323 g/mol. The van der Waals surface area contributed by atoms with Gasteiger partial charge in [0.25, 0.3) is 0 Å². The highest BCUT2D eigenvalue weighted by atomic mass is 16.6. The van der Waals surface area contributed by atoms with Gasteiger partial charge in [-0.15, -0.1) is 0 Å². The predicted octanol–water partition coefficient (Wildman–Crippen LogP) is 3.11. The molecule has 24 heavy (non-hydrogen) atoms. The number of carbonyl (C=O) groups excluding carboxylic acids is 1. The molecule has 1 heterocycles. The first-order valence-corrected chi connectivity index (χ1v) is 8.41. The first kappa shape index (κ1) is 15.1. The Morgan fingerprint density at radius 2 is 1.75 bits per heavy atom. The van der Waals surface area contributed by atoms with E-state index in [-0.39, 0.29) is 5.91 Å². The molecule has 1 saturated carbocycles. The zero-order valence-electron chi connectivity index (χ0n) is 13.8. The maximum atomic E-state index is 12.8. The largest absolute Gasteiger partial charge is 0.486 e. The first-order valence-electron chi connectivity index (χ1n) is 8.41. The number of rotatable bonds is 4. The van der Waals surface area contributed by atoms with Crippen LogP contribution in [0.3, 0.4) is 0 Å². The van der Waals surface area contributed by atoms with Gasteiger partial charge in [-0.1, -0.05) is 35.9 Å². The highest BCUT2D eigenvalue weighted by molar-refractivity contribution is 5.91. The lowest BCUT2D eigenvalue weighted by molar-refractivity contribution is -0.123. The van der Waals surface area contributed by atoms with Gasteiger partial charge in [-0.05, 0) is 43.0 Å². The molecule has 0 bridgehead atoms. The van der Waals surface area contributed by atoms with Gasteiger partial charge in [0.1, 0.15) is 13.2 Å². The number of carbonyl (C=O) groups is 1. The zero-order chi connectivity index (χ0) is 16.6. The molecule has 0 atom stereocenters. The number of nitrogens with one attached hydrogen (secondary N) is 1. The Morgan fingerprint density at radius 1 is 1.04 bits per heavy atom. The van der Waals surface area contributed by atoms with E-state index in [0.29, 0.717) is 19.8 Å². The minimum atomic E-state index is -0.402. The van der Waals surface area contributed by atoms with Crippen molar-refractivity contribution in [1.29, 1.82) is 0 Å². The van der Waals surface area contributed by atoms with Crippen molar-refractivity contribution in [1.82, 2.24) is 5.32 Å². The fourth-order valence-electron chi connectivity index (χ4n) is 3.17. The van der Waals surface area contributed by atoms with Gasteiger partial charge in [-0.2, -0.15) is 0 Å². The van der Waals surface area contributed by atoms with Gasteiger partial charge >= 0.3 is 0 Å². The lowest BCUT2D eigenvalue weighted by Gasteiger charge is -2.21. The van der Waals surface area contributed by atoms with Crippen LogP contribution in [0.5, 0.6) is 11.5 Å². The Balaban J connectivity index is 1.48. The maximum Gasteiger partial charge on any atom is 0.230 e. The van der Waals surface area contributed by atoms with Crippen LogP contribution in [0.25, 0.3) is 0 Å². The van der Waals surface area contributed by atoms with Crippen molar-refractivity contribution in [2.24, 2.45) is 0 Å². The van der Waals surface area contributed by atoms with Gasteiger partial charge in [0, 0.05) is 6.54 Å². The van der Waals surface area contributed by atoms with E-state index < -0.39 is 5.41 Å². The Bertz CT molecular complexity index is 763. The molecule has 2 aliphatic rings. The fourth-order valence-corrected chi connectivity index (χ4v) is 3.17. The van der Waals surface area contributed by atoms with E-state index in [0.717, 1.165) is 35.5 Å². The van der Waals surface area contributed by atoms with Crippen molar-refractivity contribution in [3.05, 3.63) is 59.2 Å². The summed E-state index contributed by atoms with van der Waals surface area (Å²) in [4.78, 5) is 12.8. The van der Waals surface area contributed by atoms with Crippen LogP contribution in [0.15, 0.2) is 42.5 Å². The maximum absolute atomic E-state index is 12.8. The van der Waals surface area contributed by atoms with E-state index >= 15 is 0 Å². The summed E-state index contributed by atoms with van der Waals surface area (Å²) in [5.41, 5.74) is 2.96. The standard InChI is InChI=1S/C20H21NO3/c1-14-2-4-15(5-3-14)13-21-19(22)20(8-9-20)16-6-7-17-18(12-16)24-11-10-23-17/h2-7,12H,8-11,13H2,1H3,(H,21,22). The Kier molecular flexibility index (Phi) is 3.68. The smallest absolute Gasteiger partial charge is 0.230 e. The third-order valence-electron chi connectivity index (χ3n) is 4.85. The van der Waals surface area contributed by atoms with Crippen LogP contribution in [0.2, 0.25) is 0 Å². The first-order chi connectivity index (χ1) is 11.7. The van der Waals surface area contributed by atoms with E-state index in [4.69, 9.17) is 9.47 Å². The summed E-state index contributed by atoms with van der Waals surface area (Å²) >= 11 is 0. The van der Waals surface area contributed by atoms with E-state index in [1.807, 2.05) is 18.2 Å². The van der Waals surface area contributed by atoms with E-state index in [1.165, 1.54) is 5.56 Å². The van der Waals surface area contributed by atoms with Gasteiger partial charge in [0.2, 0.25) is 5.91 Å². The normalized spacial score (nSPS) is 17.2. The molecule has 0 radical (unpaired) electrons. The summed E-state index contributed by atoms with van der Waals surface area (Å²) in [5, 5.41) is 3.09. The van der Waals surface area contributed by atoms with Crippen LogP contribution in [0, 0.1) is 6.92 Å². The van der Waals surface area contributed by atoms with Gasteiger partial charge in [0.15, 0.2) is 11.5 Å². The summed E-state index contributed by atoms with van der Waals surface area (Å²) in [6.45, 7) is 3.76. The van der Waals surface area contributed by atoms with Crippen LogP contribution in [-0.2, 0) is 16.8 Å². The minimum absolute atomic E-state index is 0.0970. The molecular weight excluding hydrogens is 302 g/mol. The van der Waals surface area contributed by atoms with Crippen molar-refractivity contribution < 1.29 is 14.3 Å². The molecule has 1 amide bonds. The second-order valence-corrected chi connectivity index (χ2v) is 6.61. The molecule has 0 unspecified atom stereocenters. The summed E-state index contributed by atoms with van der Waals surface area (Å²) in [6.07, 6.45) is 1.76. The second kappa shape index (κ2) is 5.86. The molecule has 1 fully saturated rings. The Morgan fingerprint density at radius 3 is 2.46 bits per heavy atom. The fraction of sp³-hybridized carbons (Fsp3) is 0.350. The van der Waals surface area contributed by atoms with Gasteiger partial charge < -0.3 is 14.8 Å². The van der Waals surface area contributed by atoms with Crippen LogP contribution >= 0.6 is 0 Å². The third-order valence-corrected chi connectivity index (χ3v) is 4.85. The molecule has 1 aliphatic carbocycles. The number of aryl methyl sites for hydroxylation is 1. The summed E-state index contributed by atoms with van der Waals surface area (Å²) in [7, 11) is 0. The molecule has 1 N–H and O–H groups in total. The topological polar surface area (TPSA) is 47.6 Å². The number of ether oxygens (including phenoxy) is 2. The van der Waals surface area contributed by atoms with Crippen LogP contribution < -0.4 is 14.8 Å². The lowest BCUT2D eigenvalue weighted by Crippen LogP contribution is -2.34.